The first-order valence-electron chi connectivity index (χ1n) is 11.0. The summed E-state index contributed by atoms with van der Waals surface area (Å²) in [5, 5.41) is 38.5. The predicted octanol–water partition coefficient (Wildman–Crippen LogP) is 6.05. The summed E-state index contributed by atoms with van der Waals surface area (Å²) in [5.41, 5.74) is 2.80. The fourth-order valence-electron chi connectivity index (χ4n) is 3.51. The van der Waals surface area contributed by atoms with E-state index in [2.05, 4.69) is 0 Å². The average molecular weight is 439 g/mol. The smallest absolute Gasteiger partial charge is 0.303 e. The van der Waals surface area contributed by atoms with Crippen LogP contribution in [-0.2, 0) is 4.79 Å². The summed E-state index contributed by atoms with van der Waals surface area (Å²) in [6, 6.07) is 11.8. The molecule has 1 unspecified atom stereocenters. The number of phenolic OH excluding ortho intramolecular Hbond substituents is 2. The molecule has 1 aliphatic carbocycles. The number of ether oxygens (including phenoxy) is 1. The predicted molar refractivity (Wildman–Crippen MR) is 124 cm³/mol. The van der Waals surface area contributed by atoms with Gasteiger partial charge in [0.25, 0.3) is 0 Å². The van der Waals surface area contributed by atoms with Crippen LogP contribution in [0.1, 0.15) is 62.5 Å². The molecule has 6 nitrogen and oxygen atoms in total. The van der Waals surface area contributed by atoms with Gasteiger partial charge in [-0.25, -0.2) is 0 Å². The first-order valence-corrected chi connectivity index (χ1v) is 11.0. The number of hydrogen-bond donors (Lipinski definition) is 4. The number of benzene rings is 2. The Morgan fingerprint density at radius 2 is 1.53 bits per heavy atom. The number of phenols is 2. The van der Waals surface area contributed by atoms with Gasteiger partial charge in [-0.15, -0.1) is 0 Å². The lowest BCUT2D eigenvalue weighted by atomic mass is 10.0. The molecule has 0 bridgehead atoms. The minimum atomic E-state index is -0.834. The van der Waals surface area contributed by atoms with Gasteiger partial charge in [0.2, 0.25) is 0 Å². The van der Waals surface area contributed by atoms with Crippen LogP contribution in [0.25, 0.3) is 12.2 Å². The Morgan fingerprint density at radius 1 is 0.875 bits per heavy atom. The molecule has 0 radical (unpaired) electrons. The Bertz CT molecular complexity index is 968. The topological polar surface area (TPSA) is 107 Å². The second-order valence-corrected chi connectivity index (χ2v) is 8.15. The number of rotatable bonds is 12. The molecule has 0 spiro atoms. The van der Waals surface area contributed by atoms with E-state index >= 15 is 0 Å². The molecule has 32 heavy (non-hydrogen) atoms. The molecule has 0 saturated heterocycles. The standard InChI is InChI=1S/C26H30O6/c27-21-13-9-18(10-14-21)7-8-19-15-22(28)17-24(16-19)32-23(4-2-6-26(30)31)3-1-5-25(29)20-11-12-20/h7-10,13-17,23,27-29H,1-6,11-12H2,(H,30,31)/b8-7-. The molecule has 1 fully saturated rings. The molecule has 0 amide bonds. The maximum absolute atomic E-state index is 10.9. The zero-order valence-electron chi connectivity index (χ0n) is 18.0. The summed E-state index contributed by atoms with van der Waals surface area (Å²) >= 11 is 0. The van der Waals surface area contributed by atoms with Crippen molar-refractivity contribution >= 4 is 18.1 Å². The van der Waals surface area contributed by atoms with E-state index in [-0.39, 0.29) is 24.0 Å². The van der Waals surface area contributed by atoms with Crippen molar-refractivity contribution in [3.05, 3.63) is 64.9 Å². The van der Waals surface area contributed by atoms with Gasteiger partial charge in [0.05, 0.1) is 11.9 Å². The van der Waals surface area contributed by atoms with Crippen molar-refractivity contribution in [2.24, 2.45) is 0 Å². The fraction of sp³-hybridized carbons (Fsp3) is 0.346. The second-order valence-electron chi connectivity index (χ2n) is 8.15. The van der Waals surface area contributed by atoms with Gasteiger partial charge >= 0.3 is 5.97 Å². The van der Waals surface area contributed by atoms with Crippen molar-refractivity contribution in [2.75, 3.05) is 0 Å². The molecular formula is C26H30O6. The summed E-state index contributed by atoms with van der Waals surface area (Å²) in [6.07, 6.45) is 8.67. The molecule has 2 aromatic rings. The molecule has 0 aliphatic heterocycles. The lowest BCUT2D eigenvalue weighted by Gasteiger charge is -2.19. The highest BCUT2D eigenvalue weighted by molar-refractivity contribution is 5.71. The molecule has 1 atom stereocenters. The lowest BCUT2D eigenvalue weighted by Crippen LogP contribution is -2.17. The molecule has 1 aliphatic rings. The Hall–Kier alpha value is -3.41. The van der Waals surface area contributed by atoms with Crippen LogP contribution in [0.5, 0.6) is 17.2 Å². The highest BCUT2D eigenvalue weighted by Crippen LogP contribution is 2.33. The van der Waals surface area contributed by atoms with Crippen molar-refractivity contribution in [1.29, 1.82) is 0 Å². The molecule has 2 aromatic carbocycles. The van der Waals surface area contributed by atoms with Crippen LogP contribution in [0.15, 0.2) is 53.8 Å². The Balaban J connectivity index is 1.65. The van der Waals surface area contributed by atoms with Crippen LogP contribution in [-0.4, -0.2) is 32.5 Å². The normalized spacial score (nSPS) is 13.8. The van der Waals surface area contributed by atoms with Gasteiger partial charge < -0.3 is 25.2 Å². The van der Waals surface area contributed by atoms with Crippen LogP contribution in [0, 0.1) is 0 Å². The van der Waals surface area contributed by atoms with E-state index in [0.29, 0.717) is 37.2 Å². The Kier molecular flexibility index (Phi) is 8.20. The molecule has 0 heterocycles. The quantitative estimate of drug-likeness (QED) is 0.237. The monoisotopic (exact) mass is 438 g/mol. The van der Waals surface area contributed by atoms with Gasteiger partial charge in [0.15, 0.2) is 0 Å². The third kappa shape index (κ3) is 8.02. The summed E-state index contributed by atoms with van der Waals surface area (Å²) in [6.45, 7) is 0. The van der Waals surface area contributed by atoms with E-state index in [4.69, 9.17) is 9.84 Å². The maximum atomic E-state index is 10.9. The minimum Gasteiger partial charge on any atom is -0.512 e. The van der Waals surface area contributed by atoms with Crippen LogP contribution in [0.4, 0.5) is 0 Å². The van der Waals surface area contributed by atoms with Crippen molar-refractivity contribution < 1.29 is 30.0 Å². The molecule has 1 saturated carbocycles. The number of aliphatic hydroxyl groups excluding tert-OH is 1. The Labute approximate surface area is 188 Å². The average Bonchev–Trinajstić information content (AvgIpc) is 3.58. The van der Waals surface area contributed by atoms with E-state index in [0.717, 1.165) is 36.0 Å². The van der Waals surface area contributed by atoms with E-state index in [1.54, 1.807) is 36.4 Å². The number of carboxylic acids is 1. The van der Waals surface area contributed by atoms with E-state index in [1.165, 1.54) is 0 Å². The second kappa shape index (κ2) is 11.3. The van der Waals surface area contributed by atoms with Crippen LogP contribution < -0.4 is 4.74 Å². The first kappa shape index (κ1) is 23.3. The third-order valence-corrected chi connectivity index (χ3v) is 5.34. The van der Waals surface area contributed by atoms with Gasteiger partial charge in [0, 0.05) is 18.9 Å². The number of carbonyl (C=O) groups is 1. The highest BCUT2D eigenvalue weighted by atomic mass is 16.5. The van der Waals surface area contributed by atoms with Gasteiger partial charge in [0.1, 0.15) is 17.2 Å². The van der Waals surface area contributed by atoms with E-state index in [9.17, 15) is 20.1 Å². The number of carboxylic acid groups (broad SMARTS) is 1. The van der Waals surface area contributed by atoms with E-state index < -0.39 is 5.97 Å². The third-order valence-electron chi connectivity index (χ3n) is 5.34. The number of allylic oxidation sites excluding steroid dienone is 2. The van der Waals surface area contributed by atoms with Crippen molar-refractivity contribution in [2.45, 2.75) is 57.5 Å². The largest absolute Gasteiger partial charge is 0.512 e. The van der Waals surface area contributed by atoms with Gasteiger partial charge in [-0.05, 0) is 79.5 Å². The van der Waals surface area contributed by atoms with Gasteiger partial charge in [-0.2, -0.15) is 0 Å². The number of aromatic hydroxyl groups is 2. The number of aliphatic carboxylic acids is 1. The lowest BCUT2D eigenvalue weighted by molar-refractivity contribution is -0.137. The summed E-state index contributed by atoms with van der Waals surface area (Å²) in [5.74, 6) is 0.437. The van der Waals surface area contributed by atoms with E-state index in [1.807, 2.05) is 18.2 Å². The fourth-order valence-corrected chi connectivity index (χ4v) is 3.51. The molecular weight excluding hydrogens is 408 g/mol. The number of aliphatic hydroxyl groups is 1. The molecule has 6 heteroatoms. The summed E-state index contributed by atoms with van der Waals surface area (Å²) < 4.78 is 6.13. The summed E-state index contributed by atoms with van der Waals surface area (Å²) in [7, 11) is 0. The van der Waals surface area contributed by atoms with Crippen molar-refractivity contribution in [1.82, 2.24) is 0 Å². The van der Waals surface area contributed by atoms with Crippen LogP contribution >= 0.6 is 0 Å². The molecule has 3 rings (SSSR count). The SMILES string of the molecule is O=C(O)CCCC(CCCC(O)=C1CC1)Oc1cc(O)cc(/C=C\c2ccc(O)cc2)c1. The maximum Gasteiger partial charge on any atom is 0.303 e. The number of hydrogen-bond acceptors (Lipinski definition) is 5. The zero-order chi connectivity index (χ0) is 22.9. The summed E-state index contributed by atoms with van der Waals surface area (Å²) in [4.78, 5) is 10.9. The van der Waals surface area contributed by atoms with Crippen molar-refractivity contribution in [3.63, 3.8) is 0 Å². The van der Waals surface area contributed by atoms with Crippen molar-refractivity contribution in [3.8, 4) is 17.2 Å². The Morgan fingerprint density at radius 3 is 2.19 bits per heavy atom. The van der Waals surface area contributed by atoms with Gasteiger partial charge in [-0.1, -0.05) is 24.3 Å². The molecule has 4 N–H and O–H groups in total. The molecule has 0 aromatic heterocycles. The first-order chi connectivity index (χ1) is 15.4. The molecule has 170 valence electrons. The van der Waals surface area contributed by atoms with Gasteiger partial charge in [-0.3, -0.25) is 4.79 Å². The highest BCUT2D eigenvalue weighted by Gasteiger charge is 2.18. The van der Waals surface area contributed by atoms with Crippen LogP contribution in [0.2, 0.25) is 0 Å². The minimum absolute atomic E-state index is 0.0771. The zero-order valence-corrected chi connectivity index (χ0v) is 18.0. The van der Waals surface area contributed by atoms with Crippen LogP contribution in [0.3, 0.4) is 0 Å².